The van der Waals surface area contributed by atoms with Crippen LogP contribution < -0.4 is 10.6 Å². The van der Waals surface area contributed by atoms with Gasteiger partial charge in [0.2, 0.25) is 0 Å². The van der Waals surface area contributed by atoms with E-state index in [1.54, 1.807) is 0 Å². The van der Waals surface area contributed by atoms with Crippen molar-refractivity contribution in [3.63, 3.8) is 0 Å². The summed E-state index contributed by atoms with van der Waals surface area (Å²) in [5, 5.41) is 5.60. The molecule has 0 spiro atoms. The van der Waals surface area contributed by atoms with Gasteiger partial charge in [-0.1, -0.05) is 30.3 Å². The average Bonchev–Trinajstić information content (AvgIpc) is 2.53. The Labute approximate surface area is 141 Å². The molecule has 1 aromatic rings. The minimum Gasteiger partial charge on any atom is -0.381 e. The van der Waals surface area contributed by atoms with E-state index in [4.69, 9.17) is 4.74 Å². The molecule has 0 heterocycles. The number of aliphatic imine (C=N–C) groups is 1. The minimum absolute atomic E-state index is 0.178. The van der Waals surface area contributed by atoms with Gasteiger partial charge in [0.05, 0.1) is 13.0 Å². The van der Waals surface area contributed by atoms with E-state index in [0.717, 1.165) is 12.8 Å². The third kappa shape index (κ3) is 10.9. The summed E-state index contributed by atoms with van der Waals surface area (Å²) in [7, 11) is 0. The van der Waals surface area contributed by atoms with Gasteiger partial charge in [0.15, 0.2) is 5.96 Å². The third-order valence-electron chi connectivity index (χ3n) is 3.14. The normalized spacial score (nSPS) is 12.2. The zero-order valence-electron chi connectivity index (χ0n) is 14.0. The fraction of sp³-hybridized carbons (Fsp3) is 0.588. The van der Waals surface area contributed by atoms with Gasteiger partial charge in [-0.15, -0.1) is 0 Å². The average molecular weight is 345 g/mol. The highest BCUT2D eigenvalue weighted by molar-refractivity contribution is 5.79. The van der Waals surface area contributed by atoms with Crippen molar-refractivity contribution in [2.45, 2.75) is 32.4 Å². The molecule has 136 valence electrons. The summed E-state index contributed by atoms with van der Waals surface area (Å²) in [6, 6.07) is 10.1. The molecule has 0 aliphatic carbocycles. The molecule has 0 fully saturated rings. The fourth-order valence-electron chi connectivity index (χ4n) is 1.96. The number of hydrogen-bond donors (Lipinski definition) is 2. The lowest BCUT2D eigenvalue weighted by molar-refractivity contribution is -0.132. The fourth-order valence-corrected chi connectivity index (χ4v) is 1.96. The van der Waals surface area contributed by atoms with Crippen LogP contribution in [-0.2, 0) is 11.2 Å². The van der Waals surface area contributed by atoms with E-state index in [1.807, 2.05) is 25.1 Å². The second kappa shape index (κ2) is 11.7. The smallest absolute Gasteiger partial charge is 0.381 e. The van der Waals surface area contributed by atoms with E-state index in [9.17, 15) is 13.2 Å². The molecular weight excluding hydrogens is 319 g/mol. The quantitative estimate of drug-likeness (QED) is 0.389. The van der Waals surface area contributed by atoms with Gasteiger partial charge in [0.25, 0.3) is 0 Å². The molecule has 0 unspecified atom stereocenters. The van der Waals surface area contributed by atoms with Crippen LogP contribution in [-0.4, -0.2) is 45.0 Å². The summed E-state index contributed by atoms with van der Waals surface area (Å²) in [6.45, 7) is 4.03. The number of ether oxygens (including phenoxy) is 1. The van der Waals surface area contributed by atoms with Crippen molar-refractivity contribution >= 4 is 5.96 Å². The Morgan fingerprint density at radius 3 is 2.54 bits per heavy atom. The van der Waals surface area contributed by atoms with Crippen LogP contribution in [0.3, 0.4) is 0 Å². The van der Waals surface area contributed by atoms with Crippen molar-refractivity contribution in [3.8, 4) is 0 Å². The number of benzene rings is 1. The molecule has 0 amide bonds. The standard InChI is InChI=1S/C17H26F3N3O/c1-2-21-16(23-12-10-17(18,19)20)22-11-6-13-24-14-9-15-7-4-3-5-8-15/h3-5,7-8H,2,6,9-14H2,1H3,(H2,21,22,23). The Morgan fingerprint density at radius 2 is 1.88 bits per heavy atom. The molecule has 0 aliphatic rings. The molecule has 2 N–H and O–H groups in total. The molecule has 0 aliphatic heterocycles. The lowest BCUT2D eigenvalue weighted by Crippen LogP contribution is -2.39. The van der Waals surface area contributed by atoms with Gasteiger partial charge >= 0.3 is 6.18 Å². The molecule has 0 saturated carbocycles. The topological polar surface area (TPSA) is 45.7 Å². The van der Waals surface area contributed by atoms with Crippen molar-refractivity contribution in [1.82, 2.24) is 10.6 Å². The van der Waals surface area contributed by atoms with Crippen LogP contribution in [0.5, 0.6) is 0 Å². The van der Waals surface area contributed by atoms with Crippen LogP contribution in [0.4, 0.5) is 13.2 Å². The van der Waals surface area contributed by atoms with Gasteiger partial charge in [-0.05, 0) is 25.3 Å². The number of halogens is 3. The summed E-state index contributed by atoms with van der Waals surface area (Å²) in [5.41, 5.74) is 1.24. The second-order valence-electron chi connectivity index (χ2n) is 5.25. The SMILES string of the molecule is CCNC(=NCCCOCCc1ccccc1)NCCC(F)(F)F. The molecular formula is C17H26F3N3O. The molecule has 0 bridgehead atoms. The van der Waals surface area contributed by atoms with Crippen molar-refractivity contribution in [1.29, 1.82) is 0 Å². The van der Waals surface area contributed by atoms with Crippen LogP contribution in [0.2, 0.25) is 0 Å². The Balaban J connectivity index is 2.12. The third-order valence-corrected chi connectivity index (χ3v) is 3.14. The van der Waals surface area contributed by atoms with Crippen LogP contribution >= 0.6 is 0 Å². The predicted molar refractivity (Wildman–Crippen MR) is 90.2 cm³/mol. The number of nitrogens with zero attached hydrogens (tertiary/aromatic N) is 1. The largest absolute Gasteiger partial charge is 0.390 e. The highest BCUT2D eigenvalue weighted by Crippen LogP contribution is 2.17. The predicted octanol–water partition coefficient (Wildman–Crippen LogP) is 3.14. The van der Waals surface area contributed by atoms with E-state index in [1.165, 1.54) is 5.56 Å². The number of nitrogens with one attached hydrogen (secondary N) is 2. The van der Waals surface area contributed by atoms with Crippen molar-refractivity contribution in [3.05, 3.63) is 35.9 Å². The molecule has 1 aromatic carbocycles. The number of guanidine groups is 1. The van der Waals surface area contributed by atoms with Crippen LogP contribution in [0.1, 0.15) is 25.3 Å². The van der Waals surface area contributed by atoms with Crippen LogP contribution in [0.15, 0.2) is 35.3 Å². The Morgan fingerprint density at radius 1 is 1.12 bits per heavy atom. The van der Waals surface area contributed by atoms with Gasteiger partial charge in [0, 0.05) is 26.2 Å². The monoisotopic (exact) mass is 345 g/mol. The summed E-state index contributed by atoms with van der Waals surface area (Å²) >= 11 is 0. The lowest BCUT2D eigenvalue weighted by Gasteiger charge is -2.12. The summed E-state index contributed by atoms with van der Waals surface area (Å²) < 4.78 is 41.9. The zero-order valence-corrected chi connectivity index (χ0v) is 14.0. The van der Waals surface area contributed by atoms with Crippen LogP contribution in [0.25, 0.3) is 0 Å². The number of alkyl halides is 3. The van der Waals surface area contributed by atoms with E-state index in [2.05, 4.69) is 27.8 Å². The molecule has 0 saturated heterocycles. The first kappa shape index (κ1) is 20.3. The first-order valence-electron chi connectivity index (χ1n) is 8.22. The first-order chi connectivity index (χ1) is 11.5. The van der Waals surface area contributed by atoms with Crippen molar-refractivity contribution < 1.29 is 17.9 Å². The van der Waals surface area contributed by atoms with Crippen molar-refractivity contribution in [2.24, 2.45) is 4.99 Å². The molecule has 0 radical (unpaired) electrons. The first-order valence-corrected chi connectivity index (χ1v) is 8.22. The summed E-state index contributed by atoms with van der Waals surface area (Å²) in [4.78, 5) is 4.24. The van der Waals surface area contributed by atoms with Gasteiger partial charge in [-0.3, -0.25) is 4.99 Å². The Hall–Kier alpha value is -1.76. The maximum atomic E-state index is 12.1. The van der Waals surface area contributed by atoms with Gasteiger partial charge in [0.1, 0.15) is 0 Å². The van der Waals surface area contributed by atoms with E-state index in [0.29, 0.717) is 32.3 Å². The van der Waals surface area contributed by atoms with E-state index in [-0.39, 0.29) is 6.54 Å². The molecule has 1 rings (SSSR count). The molecule has 7 heteroatoms. The minimum atomic E-state index is -4.16. The van der Waals surface area contributed by atoms with Gasteiger partial charge in [-0.25, -0.2) is 0 Å². The highest BCUT2D eigenvalue weighted by Gasteiger charge is 2.26. The van der Waals surface area contributed by atoms with E-state index < -0.39 is 12.6 Å². The van der Waals surface area contributed by atoms with Gasteiger partial charge < -0.3 is 15.4 Å². The highest BCUT2D eigenvalue weighted by atomic mass is 19.4. The molecule has 0 aromatic heterocycles. The Bertz CT molecular complexity index is 464. The molecule has 0 atom stereocenters. The number of hydrogen-bond acceptors (Lipinski definition) is 2. The maximum absolute atomic E-state index is 12.1. The van der Waals surface area contributed by atoms with Crippen LogP contribution in [0, 0.1) is 0 Å². The van der Waals surface area contributed by atoms with Crippen molar-refractivity contribution in [2.75, 3.05) is 32.8 Å². The lowest BCUT2D eigenvalue weighted by atomic mass is 10.2. The Kier molecular flexibility index (Phi) is 9.91. The molecule has 4 nitrogen and oxygen atoms in total. The summed E-state index contributed by atoms with van der Waals surface area (Å²) in [5.74, 6) is 0.408. The van der Waals surface area contributed by atoms with E-state index >= 15 is 0 Å². The zero-order chi connectivity index (χ0) is 17.7. The second-order valence-corrected chi connectivity index (χ2v) is 5.25. The number of rotatable bonds is 10. The maximum Gasteiger partial charge on any atom is 0.390 e. The summed E-state index contributed by atoms with van der Waals surface area (Å²) in [6.07, 6.45) is -3.44. The van der Waals surface area contributed by atoms with Gasteiger partial charge in [-0.2, -0.15) is 13.2 Å². The molecule has 24 heavy (non-hydrogen) atoms.